The van der Waals surface area contributed by atoms with Gasteiger partial charge in [0.15, 0.2) is 0 Å². The SMILES string of the molecule is CCNC(c1ccc(C)s1)c1ccccc1Br. The van der Waals surface area contributed by atoms with Crippen molar-refractivity contribution >= 4 is 27.3 Å². The molecule has 0 fully saturated rings. The summed E-state index contributed by atoms with van der Waals surface area (Å²) in [5.41, 5.74) is 1.30. The molecule has 0 aliphatic rings. The van der Waals surface area contributed by atoms with Crippen LogP contribution in [-0.4, -0.2) is 6.54 Å². The van der Waals surface area contributed by atoms with Gasteiger partial charge in [0.25, 0.3) is 0 Å². The van der Waals surface area contributed by atoms with E-state index < -0.39 is 0 Å². The van der Waals surface area contributed by atoms with Crippen molar-refractivity contribution < 1.29 is 0 Å². The first-order valence-corrected chi connectivity index (χ1v) is 7.37. The van der Waals surface area contributed by atoms with E-state index in [9.17, 15) is 0 Å². The molecular formula is C14H16BrNS. The largest absolute Gasteiger partial charge is 0.306 e. The lowest BCUT2D eigenvalue weighted by Gasteiger charge is -2.18. The quantitative estimate of drug-likeness (QED) is 0.875. The predicted octanol–water partition coefficient (Wildman–Crippen LogP) is 4.52. The van der Waals surface area contributed by atoms with Crippen LogP contribution in [-0.2, 0) is 0 Å². The molecule has 1 atom stereocenters. The van der Waals surface area contributed by atoms with Gasteiger partial charge >= 0.3 is 0 Å². The summed E-state index contributed by atoms with van der Waals surface area (Å²) in [6, 6.07) is 13.1. The standard InChI is InChI=1S/C14H16BrNS/c1-3-16-14(13-9-8-10(2)17-13)11-6-4-5-7-12(11)15/h4-9,14,16H,3H2,1-2H3. The van der Waals surface area contributed by atoms with Crippen molar-refractivity contribution in [1.29, 1.82) is 0 Å². The van der Waals surface area contributed by atoms with Crippen LogP contribution in [0.5, 0.6) is 0 Å². The Labute approximate surface area is 115 Å². The number of hydrogen-bond donors (Lipinski definition) is 1. The Kier molecular flexibility index (Phi) is 4.37. The molecule has 90 valence electrons. The molecule has 2 rings (SSSR count). The van der Waals surface area contributed by atoms with Crippen molar-refractivity contribution in [2.24, 2.45) is 0 Å². The zero-order valence-corrected chi connectivity index (χ0v) is 12.4. The molecular weight excluding hydrogens is 294 g/mol. The van der Waals surface area contributed by atoms with Gasteiger partial charge in [0, 0.05) is 14.2 Å². The molecule has 3 heteroatoms. The Morgan fingerprint density at radius 1 is 1.24 bits per heavy atom. The maximum absolute atomic E-state index is 3.64. The molecule has 1 unspecified atom stereocenters. The van der Waals surface area contributed by atoms with Crippen LogP contribution in [0.2, 0.25) is 0 Å². The Morgan fingerprint density at radius 3 is 2.59 bits per heavy atom. The molecule has 0 bridgehead atoms. The van der Waals surface area contributed by atoms with Gasteiger partial charge in [-0.1, -0.05) is 41.1 Å². The average Bonchev–Trinajstić information content (AvgIpc) is 2.74. The monoisotopic (exact) mass is 309 g/mol. The van der Waals surface area contributed by atoms with Crippen LogP contribution in [0.15, 0.2) is 40.9 Å². The maximum atomic E-state index is 3.64. The molecule has 1 aromatic carbocycles. The summed E-state index contributed by atoms with van der Waals surface area (Å²) in [4.78, 5) is 2.73. The van der Waals surface area contributed by atoms with E-state index in [1.54, 1.807) is 0 Å². The van der Waals surface area contributed by atoms with Crippen LogP contribution in [0.3, 0.4) is 0 Å². The molecule has 1 aromatic heterocycles. The number of halogens is 1. The van der Waals surface area contributed by atoms with Crippen LogP contribution in [0, 0.1) is 6.92 Å². The lowest BCUT2D eigenvalue weighted by Crippen LogP contribution is -2.21. The second kappa shape index (κ2) is 5.80. The Balaban J connectivity index is 2.39. The van der Waals surface area contributed by atoms with E-state index in [2.05, 4.69) is 71.5 Å². The van der Waals surface area contributed by atoms with E-state index in [0.29, 0.717) is 0 Å². The fourth-order valence-corrected chi connectivity index (χ4v) is 3.37. The van der Waals surface area contributed by atoms with Gasteiger partial charge in [-0.15, -0.1) is 11.3 Å². The third-order valence-corrected chi connectivity index (χ3v) is 4.46. The second-order valence-corrected chi connectivity index (χ2v) is 6.13. The molecule has 2 aromatic rings. The van der Waals surface area contributed by atoms with Gasteiger partial charge in [-0.2, -0.15) is 0 Å². The highest BCUT2D eigenvalue weighted by Gasteiger charge is 2.16. The molecule has 1 heterocycles. The number of benzene rings is 1. The third kappa shape index (κ3) is 2.97. The first-order chi connectivity index (χ1) is 8.22. The van der Waals surface area contributed by atoms with Crippen LogP contribution in [0.1, 0.15) is 28.3 Å². The van der Waals surface area contributed by atoms with Gasteiger partial charge in [-0.25, -0.2) is 0 Å². The predicted molar refractivity (Wildman–Crippen MR) is 78.7 cm³/mol. The molecule has 0 amide bonds. The van der Waals surface area contributed by atoms with E-state index >= 15 is 0 Å². The topological polar surface area (TPSA) is 12.0 Å². The Hall–Kier alpha value is -0.640. The van der Waals surface area contributed by atoms with E-state index in [4.69, 9.17) is 0 Å². The lowest BCUT2D eigenvalue weighted by molar-refractivity contribution is 0.637. The van der Waals surface area contributed by atoms with E-state index in [-0.39, 0.29) is 6.04 Å². The number of nitrogens with one attached hydrogen (secondary N) is 1. The molecule has 0 aliphatic carbocycles. The first-order valence-electron chi connectivity index (χ1n) is 5.76. The Morgan fingerprint density at radius 2 is 2.00 bits per heavy atom. The summed E-state index contributed by atoms with van der Waals surface area (Å²) >= 11 is 5.49. The van der Waals surface area contributed by atoms with Crippen molar-refractivity contribution in [1.82, 2.24) is 5.32 Å². The van der Waals surface area contributed by atoms with Gasteiger partial charge in [0.2, 0.25) is 0 Å². The van der Waals surface area contributed by atoms with Crippen LogP contribution in [0.4, 0.5) is 0 Å². The van der Waals surface area contributed by atoms with Crippen molar-refractivity contribution in [3.05, 3.63) is 56.2 Å². The fraction of sp³-hybridized carbons (Fsp3) is 0.286. The highest BCUT2D eigenvalue weighted by Crippen LogP contribution is 2.32. The van der Waals surface area contributed by atoms with Crippen molar-refractivity contribution in [2.45, 2.75) is 19.9 Å². The van der Waals surface area contributed by atoms with Crippen LogP contribution >= 0.6 is 27.3 Å². The van der Waals surface area contributed by atoms with Crippen LogP contribution in [0.25, 0.3) is 0 Å². The summed E-state index contributed by atoms with van der Waals surface area (Å²) in [6.45, 7) is 5.25. The minimum atomic E-state index is 0.286. The second-order valence-electron chi connectivity index (χ2n) is 3.96. The highest BCUT2D eigenvalue weighted by atomic mass is 79.9. The lowest BCUT2D eigenvalue weighted by atomic mass is 10.1. The number of rotatable bonds is 4. The van der Waals surface area contributed by atoms with Gasteiger partial charge in [0.1, 0.15) is 0 Å². The zero-order valence-electron chi connectivity index (χ0n) is 10.0. The highest BCUT2D eigenvalue weighted by molar-refractivity contribution is 9.10. The summed E-state index contributed by atoms with van der Waals surface area (Å²) in [7, 11) is 0. The van der Waals surface area contributed by atoms with E-state index in [1.165, 1.54) is 15.3 Å². The fourth-order valence-electron chi connectivity index (χ4n) is 1.89. The third-order valence-electron chi connectivity index (χ3n) is 2.67. The summed E-state index contributed by atoms with van der Waals surface area (Å²) in [6.07, 6.45) is 0. The van der Waals surface area contributed by atoms with Crippen LogP contribution < -0.4 is 5.32 Å². The van der Waals surface area contributed by atoms with E-state index in [0.717, 1.165) is 11.0 Å². The number of aryl methyl sites for hydroxylation is 1. The number of hydrogen-bond acceptors (Lipinski definition) is 2. The molecule has 0 spiro atoms. The normalized spacial score (nSPS) is 12.6. The van der Waals surface area contributed by atoms with Gasteiger partial charge < -0.3 is 5.32 Å². The minimum Gasteiger partial charge on any atom is -0.306 e. The zero-order chi connectivity index (χ0) is 12.3. The molecule has 1 N–H and O–H groups in total. The summed E-state index contributed by atoms with van der Waals surface area (Å²) < 4.78 is 1.16. The van der Waals surface area contributed by atoms with Gasteiger partial charge in [0.05, 0.1) is 6.04 Å². The summed E-state index contributed by atoms with van der Waals surface area (Å²) in [5, 5.41) is 3.55. The van der Waals surface area contributed by atoms with Crippen molar-refractivity contribution in [2.75, 3.05) is 6.54 Å². The summed E-state index contributed by atoms with van der Waals surface area (Å²) in [5.74, 6) is 0. The molecule has 17 heavy (non-hydrogen) atoms. The Bertz CT molecular complexity index is 492. The van der Waals surface area contributed by atoms with Crippen molar-refractivity contribution in [3.8, 4) is 0 Å². The molecule has 0 radical (unpaired) electrons. The number of thiophene rings is 1. The van der Waals surface area contributed by atoms with Gasteiger partial charge in [-0.05, 0) is 37.2 Å². The van der Waals surface area contributed by atoms with Gasteiger partial charge in [-0.3, -0.25) is 0 Å². The minimum absolute atomic E-state index is 0.286. The average molecular weight is 310 g/mol. The first kappa shape index (κ1) is 12.8. The van der Waals surface area contributed by atoms with E-state index in [1.807, 2.05) is 11.3 Å². The molecule has 0 saturated heterocycles. The molecule has 1 nitrogen and oxygen atoms in total. The smallest absolute Gasteiger partial charge is 0.0682 e. The van der Waals surface area contributed by atoms with Crippen molar-refractivity contribution in [3.63, 3.8) is 0 Å². The molecule has 0 aliphatic heterocycles. The maximum Gasteiger partial charge on any atom is 0.0682 e. The molecule has 0 saturated carbocycles.